The maximum atomic E-state index is 8.71. The van der Waals surface area contributed by atoms with Gasteiger partial charge in [-0.05, 0) is 38.1 Å². The Kier molecular flexibility index (Phi) is 5.15. The van der Waals surface area contributed by atoms with Gasteiger partial charge in [-0.1, -0.05) is 6.07 Å². The first-order valence-electron chi connectivity index (χ1n) is 5.14. The van der Waals surface area contributed by atoms with Crippen LogP contribution >= 0.6 is 11.3 Å². The van der Waals surface area contributed by atoms with Crippen LogP contribution in [0.5, 0.6) is 0 Å². The molecular weight excluding hydrogens is 194 g/mol. The number of hydrogen-bond acceptors (Lipinski definition) is 3. The minimum Gasteiger partial charge on any atom is -0.396 e. The van der Waals surface area contributed by atoms with Crippen LogP contribution in [0.25, 0.3) is 0 Å². The van der Waals surface area contributed by atoms with Crippen LogP contribution in [-0.4, -0.2) is 17.8 Å². The van der Waals surface area contributed by atoms with Gasteiger partial charge in [-0.25, -0.2) is 0 Å². The molecule has 80 valence electrons. The molecule has 0 bridgehead atoms. The van der Waals surface area contributed by atoms with Gasteiger partial charge in [0.2, 0.25) is 0 Å². The first-order valence-corrected chi connectivity index (χ1v) is 6.02. The number of aliphatic hydroxyl groups excluding tert-OH is 1. The Morgan fingerprint density at radius 3 is 2.86 bits per heavy atom. The average Bonchev–Trinajstić information content (AvgIpc) is 2.67. The second-order valence-electron chi connectivity index (χ2n) is 3.67. The summed E-state index contributed by atoms with van der Waals surface area (Å²) in [6.07, 6.45) is 1.91. The summed E-state index contributed by atoms with van der Waals surface area (Å²) in [5.74, 6) is 0. The van der Waals surface area contributed by atoms with Crippen molar-refractivity contribution in [3.8, 4) is 0 Å². The third-order valence-electron chi connectivity index (χ3n) is 2.30. The fraction of sp³-hybridized carbons (Fsp3) is 0.636. The highest BCUT2D eigenvalue weighted by Crippen LogP contribution is 2.19. The molecule has 14 heavy (non-hydrogen) atoms. The molecule has 0 aliphatic heterocycles. The van der Waals surface area contributed by atoms with E-state index in [1.807, 2.05) is 0 Å². The van der Waals surface area contributed by atoms with Gasteiger partial charge in [0.25, 0.3) is 0 Å². The largest absolute Gasteiger partial charge is 0.396 e. The lowest BCUT2D eigenvalue weighted by molar-refractivity contribution is 0.274. The number of rotatable bonds is 6. The smallest absolute Gasteiger partial charge is 0.0431 e. The second-order valence-corrected chi connectivity index (χ2v) is 4.65. The molecule has 0 fully saturated rings. The van der Waals surface area contributed by atoms with Gasteiger partial charge in [-0.3, -0.25) is 0 Å². The fourth-order valence-corrected chi connectivity index (χ4v) is 2.27. The first kappa shape index (κ1) is 11.7. The number of nitrogens with one attached hydrogen (secondary N) is 1. The maximum Gasteiger partial charge on any atom is 0.0431 e. The highest BCUT2D eigenvalue weighted by atomic mass is 32.1. The van der Waals surface area contributed by atoms with E-state index in [0.29, 0.717) is 18.7 Å². The molecule has 2 N–H and O–H groups in total. The van der Waals surface area contributed by atoms with E-state index < -0.39 is 0 Å². The molecule has 0 aliphatic carbocycles. The van der Waals surface area contributed by atoms with Crippen molar-refractivity contribution in [3.05, 3.63) is 22.4 Å². The van der Waals surface area contributed by atoms with Crippen LogP contribution in [0, 0.1) is 0 Å². The van der Waals surface area contributed by atoms with Crippen LogP contribution in [-0.2, 0) is 0 Å². The average molecular weight is 213 g/mol. The summed E-state index contributed by atoms with van der Waals surface area (Å²) in [5, 5.41) is 14.3. The van der Waals surface area contributed by atoms with Crippen LogP contribution in [0.4, 0.5) is 0 Å². The second kappa shape index (κ2) is 6.17. The molecular formula is C11H19NOS. The lowest BCUT2D eigenvalue weighted by atomic mass is 10.1. The molecule has 0 aromatic carbocycles. The van der Waals surface area contributed by atoms with Gasteiger partial charge in [-0.2, -0.15) is 0 Å². The monoisotopic (exact) mass is 213 g/mol. The van der Waals surface area contributed by atoms with E-state index in [0.717, 1.165) is 12.8 Å². The maximum absolute atomic E-state index is 8.71. The minimum absolute atomic E-state index is 0.291. The van der Waals surface area contributed by atoms with E-state index in [2.05, 4.69) is 36.7 Å². The topological polar surface area (TPSA) is 32.3 Å². The molecule has 0 aliphatic rings. The van der Waals surface area contributed by atoms with Gasteiger partial charge >= 0.3 is 0 Å². The number of hydrogen-bond donors (Lipinski definition) is 2. The van der Waals surface area contributed by atoms with Crippen LogP contribution in [0.1, 0.15) is 37.6 Å². The van der Waals surface area contributed by atoms with E-state index in [9.17, 15) is 0 Å². The molecule has 1 heterocycles. The third kappa shape index (κ3) is 3.78. The third-order valence-corrected chi connectivity index (χ3v) is 3.35. The standard InChI is InChI=1S/C11H19NOS/c1-9(5-3-7-13)12-10(2)11-6-4-8-14-11/h4,6,8-10,12-13H,3,5,7H2,1-2H3/t9-,10-/m1/s1. The van der Waals surface area contributed by atoms with E-state index in [4.69, 9.17) is 5.11 Å². The van der Waals surface area contributed by atoms with Crippen molar-refractivity contribution in [2.75, 3.05) is 6.61 Å². The minimum atomic E-state index is 0.291. The summed E-state index contributed by atoms with van der Waals surface area (Å²) in [5.41, 5.74) is 0. The summed E-state index contributed by atoms with van der Waals surface area (Å²) in [6, 6.07) is 5.13. The van der Waals surface area contributed by atoms with Crippen LogP contribution < -0.4 is 5.32 Å². The summed E-state index contributed by atoms with van der Waals surface area (Å²) < 4.78 is 0. The highest BCUT2D eigenvalue weighted by Gasteiger charge is 2.09. The molecule has 2 atom stereocenters. The van der Waals surface area contributed by atoms with Gasteiger partial charge in [-0.15, -0.1) is 11.3 Å². The number of thiophene rings is 1. The molecule has 0 radical (unpaired) electrons. The zero-order valence-electron chi connectivity index (χ0n) is 8.86. The zero-order valence-corrected chi connectivity index (χ0v) is 9.68. The number of aliphatic hydroxyl groups is 1. The SMILES string of the molecule is C[C@H](CCCO)N[C@H](C)c1cccs1. The molecule has 0 amide bonds. The Bertz CT molecular complexity index is 235. The molecule has 2 nitrogen and oxygen atoms in total. The summed E-state index contributed by atoms with van der Waals surface area (Å²) in [6.45, 7) is 4.64. The molecule has 0 saturated carbocycles. The van der Waals surface area contributed by atoms with Gasteiger partial charge in [0.1, 0.15) is 0 Å². The molecule has 1 aromatic heterocycles. The van der Waals surface area contributed by atoms with Gasteiger partial charge in [0.05, 0.1) is 0 Å². The summed E-state index contributed by atoms with van der Waals surface area (Å²) >= 11 is 1.78. The molecule has 0 spiro atoms. The Hall–Kier alpha value is -0.380. The van der Waals surface area contributed by atoms with Gasteiger partial charge in [0.15, 0.2) is 0 Å². The van der Waals surface area contributed by atoms with Crippen LogP contribution in [0.2, 0.25) is 0 Å². The van der Waals surface area contributed by atoms with E-state index in [1.54, 1.807) is 11.3 Å². The summed E-state index contributed by atoms with van der Waals surface area (Å²) in [4.78, 5) is 1.38. The van der Waals surface area contributed by atoms with Crippen molar-refractivity contribution in [3.63, 3.8) is 0 Å². The summed E-state index contributed by atoms with van der Waals surface area (Å²) in [7, 11) is 0. The van der Waals surface area contributed by atoms with Crippen molar-refractivity contribution < 1.29 is 5.11 Å². The van der Waals surface area contributed by atoms with Crippen molar-refractivity contribution in [2.45, 2.75) is 38.8 Å². The highest BCUT2D eigenvalue weighted by molar-refractivity contribution is 7.10. The van der Waals surface area contributed by atoms with Crippen molar-refractivity contribution in [1.29, 1.82) is 0 Å². The van der Waals surface area contributed by atoms with E-state index >= 15 is 0 Å². The molecule has 3 heteroatoms. The lowest BCUT2D eigenvalue weighted by Crippen LogP contribution is -2.28. The Morgan fingerprint density at radius 1 is 1.50 bits per heavy atom. The molecule has 1 rings (SSSR count). The van der Waals surface area contributed by atoms with Crippen LogP contribution in [0.3, 0.4) is 0 Å². The normalized spacial score (nSPS) is 15.4. The molecule has 0 unspecified atom stereocenters. The Balaban J connectivity index is 2.29. The van der Waals surface area contributed by atoms with Crippen molar-refractivity contribution in [1.82, 2.24) is 5.32 Å². The van der Waals surface area contributed by atoms with E-state index in [1.165, 1.54) is 4.88 Å². The van der Waals surface area contributed by atoms with Crippen molar-refractivity contribution in [2.24, 2.45) is 0 Å². The predicted octanol–water partition coefficient (Wildman–Crippen LogP) is 2.56. The van der Waals surface area contributed by atoms with E-state index in [-0.39, 0.29) is 0 Å². The van der Waals surface area contributed by atoms with Gasteiger partial charge in [0, 0.05) is 23.6 Å². The first-order chi connectivity index (χ1) is 6.74. The predicted molar refractivity (Wildman–Crippen MR) is 61.7 cm³/mol. The van der Waals surface area contributed by atoms with Crippen molar-refractivity contribution >= 4 is 11.3 Å². The van der Waals surface area contributed by atoms with Crippen LogP contribution in [0.15, 0.2) is 17.5 Å². The molecule has 0 saturated heterocycles. The Labute approximate surface area is 90.0 Å². The Morgan fingerprint density at radius 2 is 2.29 bits per heavy atom. The molecule has 1 aromatic rings. The lowest BCUT2D eigenvalue weighted by Gasteiger charge is -2.18. The zero-order chi connectivity index (χ0) is 10.4. The quantitative estimate of drug-likeness (QED) is 0.761. The fourth-order valence-electron chi connectivity index (χ4n) is 1.53. The van der Waals surface area contributed by atoms with Gasteiger partial charge < -0.3 is 10.4 Å².